The molecule has 2 unspecified atom stereocenters. The molecule has 0 aliphatic carbocycles. The fourth-order valence-corrected chi connectivity index (χ4v) is 5.00. The van der Waals surface area contributed by atoms with Crippen LogP contribution in [0.25, 0.3) is 16.9 Å². The number of imidazole rings is 1. The van der Waals surface area contributed by atoms with Crippen LogP contribution in [0.2, 0.25) is 0 Å². The molecule has 5 rings (SSSR count). The van der Waals surface area contributed by atoms with Gasteiger partial charge in [-0.05, 0) is 51.8 Å². The molecule has 0 radical (unpaired) electrons. The molecule has 2 aromatic carbocycles. The van der Waals surface area contributed by atoms with Crippen molar-refractivity contribution in [3.05, 3.63) is 95.3 Å². The first-order valence-corrected chi connectivity index (χ1v) is 13.3. The van der Waals surface area contributed by atoms with Crippen molar-refractivity contribution in [1.82, 2.24) is 19.6 Å². The zero-order valence-corrected chi connectivity index (χ0v) is 23.0. The maximum absolute atomic E-state index is 13.0. The van der Waals surface area contributed by atoms with E-state index in [2.05, 4.69) is 5.32 Å². The van der Waals surface area contributed by atoms with Gasteiger partial charge in [0.15, 0.2) is 6.23 Å². The number of aromatic nitrogens is 2. The fraction of sp³-hybridized carbons (Fsp3) is 0.323. The Morgan fingerprint density at radius 2 is 1.82 bits per heavy atom. The number of alkyl carbamates (subject to hydrolysis) is 1. The summed E-state index contributed by atoms with van der Waals surface area (Å²) in [4.78, 5) is 31.8. The van der Waals surface area contributed by atoms with Crippen molar-refractivity contribution in [2.45, 2.75) is 58.1 Å². The number of carbonyl (C=O) groups excluding carboxylic acids is 2. The molecule has 9 nitrogen and oxygen atoms in total. The standard InChI is InChI=1S/C31H34N4O5/c1-19(36)23-10-7-15-34-18-26(33-27(23)34)21-13-11-20(12-14-21)16-22(32-30(39)40-31(2,3)4)17-35-28(37)24-8-5-6-9-25(24)29(35)38/h5-15,18-19,22,28,36-37H,16-17H2,1-4H3,(H,32,39)/t19?,22-,28?/m0/s1. The predicted molar refractivity (Wildman–Crippen MR) is 151 cm³/mol. The van der Waals surface area contributed by atoms with E-state index in [4.69, 9.17) is 9.72 Å². The monoisotopic (exact) mass is 542 g/mol. The van der Waals surface area contributed by atoms with Crippen molar-refractivity contribution in [3.63, 3.8) is 0 Å². The van der Waals surface area contributed by atoms with Gasteiger partial charge in [0.1, 0.15) is 11.2 Å². The number of fused-ring (bicyclic) bond motifs is 2. The lowest BCUT2D eigenvalue weighted by atomic mass is 10.0. The Kier molecular flexibility index (Phi) is 7.35. The number of aliphatic hydroxyl groups excluding tert-OH is 2. The third kappa shape index (κ3) is 5.71. The van der Waals surface area contributed by atoms with E-state index in [1.807, 2.05) is 53.2 Å². The van der Waals surface area contributed by atoms with Crippen molar-refractivity contribution < 1.29 is 24.5 Å². The molecule has 3 atom stereocenters. The number of aliphatic hydroxyl groups is 2. The Labute approximate surface area is 233 Å². The lowest BCUT2D eigenvalue weighted by Gasteiger charge is -2.29. The van der Waals surface area contributed by atoms with Crippen LogP contribution in [0.4, 0.5) is 4.79 Å². The molecule has 2 aromatic heterocycles. The molecule has 3 heterocycles. The number of hydrogen-bond acceptors (Lipinski definition) is 6. The van der Waals surface area contributed by atoms with Crippen LogP contribution < -0.4 is 5.32 Å². The molecule has 208 valence electrons. The molecule has 3 N–H and O–H groups in total. The van der Waals surface area contributed by atoms with Gasteiger partial charge in [-0.15, -0.1) is 0 Å². The summed E-state index contributed by atoms with van der Waals surface area (Å²) in [6, 6.07) is 18.0. The highest BCUT2D eigenvalue weighted by Gasteiger charge is 2.37. The van der Waals surface area contributed by atoms with E-state index < -0.39 is 30.1 Å². The van der Waals surface area contributed by atoms with E-state index in [1.54, 1.807) is 52.0 Å². The number of carbonyl (C=O) groups is 2. The minimum absolute atomic E-state index is 0.101. The molecule has 1 aliphatic rings. The molecule has 2 amide bonds. The van der Waals surface area contributed by atoms with Crippen molar-refractivity contribution in [2.75, 3.05) is 6.54 Å². The third-order valence-electron chi connectivity index (χ3n) is 6.86. The first-order chi connectivity index (χ1) is 19.0. The quantitative estimate of drug-likeness (QED) is 0.313. The second kappa shape index (κ2) is 10.7. The lowest BCUT2D eigenvalue weighted by Crippen LogP contribution is -2.47. The Morgan fingerprint density at radius 1 is 1.10 bits per heavy atom. The van der Waals surface area contributed by atoms with Gasteiger partial charge in [-0.2, -0.15) is 0 Å². The van der Waals surface area contributed by atoms with E-state index in [1.165, 1.54) is 4.90 Å². The highest BCUT2D eigenvalue weighted by Crippen LogP contribution is 2.32. The average Bonchev–Trinajstić information content (AvgIpc) is 3.43. The molecule has 9 heteroatoms. The molecule has 0 fully saturated rings. The van der Waals surface area contributed by atoms with Crippen molar-refractivity contribution in [1.29, 1.82) is 0 Å². The van der Waals surface area contributed by atoms with Crippen LogP contribution in [0.3, 0.4) is 0 Å². The second-order valence-electron chi connectivity index (χ2n) is 11.2. The zero-order chi connectivity index (χ0) is 28.6. The molecular formula is C31H34N4O5. The molecular weight excluding hydrogens is 508 g/mol. The summed E-state index contributed by atoms with van der Waals surface area (Å²) in [5, 5.41) is 23.9. The van der Waals surface area contributed by atoms with Crippen LogP contribution in [0.5, 0.6) is 0 Å². The van der Waals surface area contributed by atoms with Gasteiger partial charge in [0.2, 0.25) is 0 Å². The smallest absolute Gasteiger partial charge is 0.407 e. The van der Waals surface area contributed by atoms with Crippen LogP contribution in [-0.4, -0.2) is 54.7 Å². The van der Waals surface area contributed by atoms with Crippen molar-refractivity contribution in [3.8, 4) is 11.3 Å². The number of rotatable bonds is 7. The number of pyridine rings is 1. The molecule has 0 saturated carbocycles. The predicted octanol–water partition coefficient (Wildman–Crippen LogP) is 4.64. The number of nitrogens with one attached hydrogen (secondary N) is 1. The van der Waals surface area contributed by atoms with E-state index in [9.17, 15) is 19.8 Å². The Bertz CT molecular complexity index is 1540. The van der Waals surface area contributed by atoms with Gasteiger partial charge in [-0.3, -0.25) is 4.79 Å². The highest BCUT2D eigenvalue weighted by atomic mass is 16.6. The van der Waals surface area contributed by atoms with Crippen molar-refractivity contribution in [2.24, 2.45) is 0 Å². The largest absolute Gasteiger partial charge is 0.444 e. The van der Waals surface area contributed by atoms with E-state index in [0.717, 1.165) is 22.4 Å². The summed E-state index contributed by atoms with van der Waals surface area (Å²) in [6.45, 7) is 7.18. The van der Waals surface area contributed by atoms with Gasteiger partial charge < -0.3 is 29.6 Å². The van der Waals surface area contributed by atoms with Crippen molar-refractivity contribution >= 4 is 17.6 Å². The summed E-state index contributed by atoms with van der Waals surface area (Å²) in [5.41, 5.74) is 4.39. The fourth-order valence-electron chi connectivity index (χ4n) is 5.00. The molecule has 0 saturated heterocycles. The van der Waals surface area contributed by atoms with Gasteiger partial charge >= 0.3 is 6.09 Å². The third-order valence-corrected chi connectivity index (χ3v) is 6.86. The van der Waals surface area contributed by atoms with Crippen LogP contribution >= 0.6 is 0 Å². The Hall–Kier alpha value is -4.21. The average molecular weight is 543 g/mol. The maximum atomic E-state index is 13.0. The zero-order valence-electron chi connectivity index (χ0n) is 23.0. The topological polar surface area (TPSA) is 116 Å². The summed E-state index contributed by atoms with van der Waals surface area (Å²) in [5.74, 6) is -0.280. The summed E-state index contributed by atoms with van der Waals surface area (Å²) in [7, 11) is 0. The normalized spacial score (nSPS) is 16.6. The number of benzene rings is 2. The van der Waals surface area contributed by atoms with E-state index in [-0.39, 0.29) is 12.5 Å². The minimum atomic E-state index is -1.09. The van der Waals surface area contributed by atoms with Gasteiger partial charge in [-0.25, -0.2) is 9.78 Å². The highest BCUT2D eigenvalue weighted by molar-refractivity contribution is 5.98. The van der Waals surface area contributed by atoms with Gasteiger partial charge in [0.05, 0.1) is 17.8 Å². The minimum Gasteiger partial charge on any atom is -0.444 e. The van der Waals surface area contributed by atoms with Gasteiger partial charge in [0, 0.05) is 41.2 Å². The van der Waals surface area contributed by atoms with Gasteiger partial charge in [-0.1, -0.05) is 48.5 Å². The molecule has 0 spiro atoms. The Balaban J connectivity index is 1.36. The second-order valence-corrected chi connectivity index (χ2v) is 11.2. The van der Waals surface area contributed by atoms with Crippen LogP contribution in [0.15, 0.2) is 73.1 Å². The number of nitrogens with zero attached hydrogens (tertiary/aromatic N) is 3. The first-order valence-electron chi connectivity index (χ1n) is 13.3. The van der Waals surface area contributed by atoms with Gasteiger partial charge in [0.25, 0.3) is 5.91 Å². The van der Waals surface area contributed by atoms with E-state index >= 15 is 0 Å². The summed E-state index contributed by atoms with van der Waals surface area (Å²) >= 11 is 0. The molecule has 1 aliphatic heterocycles. The molecule has 40 heavy (non-hydrogen) atoms. The molecule has 4 aromatic rings. The number of ether oxygens (including phenoxy) is 1. The summed E-state index contributed by atoms with van der Waals surface area (Å²) in [6.07, 6.45) is 1.91. The summed E-state index contributed by atoms with van der Waals surface area (Å²) < 4.78 is 7.36. The number of hydrogen-bond donors (Lipinski definition) is 3. The van der Waals surface area contributed by atoms with Crippen LogP contribution in [0.1, 0.15) is 67.1 Å². The Morgan fingerprint density at radius 3 is 2.50 bits per heavy atom. The van der Waals surface area contributed by atoms with Crippen LogP contribution in [0, 0.1) is 0 Å². The SMILES string of the molecule is CC(O)c1cccn2cc(-c3ccc(C[C@@H](CN4C(=O)c5ccccc5C4O)NC(=O)OC(C)(C)C)cc3)nc12. The van der Waals surface area contributed by atoms with E-state index in [0.29, 0.717) is 23.2 Å². The first kappa shape index (κ1) is 27.4. The lowest BCUT2D eigenvalue weighted by molar-refractivity contribution is 0.0108. The molecule has 0 bridgehead atoms. The van der Waals surface area contributed by atoms with Crippen LogP contribution in [-0.2, 0) is 11.2 Å². The number of amides is 2. The maximum Gasteiger partial charge on any atom is 0.407 e.